The zero-order valence-corrected chi connectivity index (χ0v) is 20.4. The van der Waals surface area contributed by atoms with Gasteiger partial charge < -0.3 is 18.6 Å². The molecule has 2 aliphatic heterocycles. The second kappa shape index (κ2) is 7.45. The van der Waals surface area contributed by atoms with Crippen molar-refractivity contribution in [3.63, 3.8) is 0 Å². The summed E-state index contributed by atoms with van der Waals surface area (Å²) in [5, 5.41) is 0.0929. The third-order valence-corrected chi connectivity index (χ3v) is 11.4. The van der Waals surface area contributed by atoms with Crippen molar-refractivity contribution < 1.29 is 28.2 Å². The van der Waals surface area contributed by atoms with E-state index in [9.17, 15) is 9.59 Å². The van der Waals surface area contributed by atoms with Crippen molar-refractivity contribution in [2.75, 3.05) is 6.61 Å². The van der Waals surface area contributed by atoms with Gasteiger partial charge in [0, 0.05) is 11.1 Å². The van der Waals surface area contributed by atoms with Crippen LogP contribution in [-0.2, 0) is 18.6 Å². The van der Waals surface area contributed by atoms with Crippen molar-refractivity contribution in [2.24, 2.45) is 0 Å². The van der Waals surface area contributed by atoms with Gasteiger partial charge in [0.15, 0.2) is 25.7 Å². The first-order valence-corrected chi connectivity index (χ1v) is 13.8. The summed E-state index contributed by atoms with van der Waals surface area (Å²) in [5.74, 6) is -1.06. The molecule has 1 aliphatic carbocycles. The molecule has 4 rings (SSSR count). The number of ether oxygens (including phenoxy) is 3. The Morgan fingerprint density at radius 3 is 2.26 bits per heavy atom. The lowest BCUT2D eigenvalue weighted by Gasteiger charge is -2.37. The van der Waals surface area contributed by atoms with E-state index in [0.717, 1.165) is 5.56 Å². The summed E-state index contributed by atoms with van der Waals surface area (Å²) in [6, 6.07) is 5.30. The molecule has 7 heteroatoms. The third-order valence-electron chi connectivity index (χ3n) is 6.85. The van der Waals surface area contributed by atoms with Gasteiger partial charge in [-0.15, -0.1) is 0 Å². The molecule has 1 aromatic rings. The van der Waals surface area contributed by atoms with Crippen LogP contribution in [0.3, 0.4) is 0 Å². The van der Waals surface area contributed by atoms with Gasteiger partial charge in [0.05, 0.1) is 6.61 Å². The number of fused-ring (bicyclic) bond motifs is 2. The Bertz CT molecular complexity index is 942. The molecule has 6 nitrogen and oxygen atoms in total. The number of hydrogen-bond donors (Lipinski definition) is 0. The molecule has 0 aromatic heterocycles. The number of allylic oxidation sites excluding steroid dienone is 2. The fourth-order valence-corrected chi connectivity index (χ4v) is 5.09. The highest BCUT2D eigenvalue weighted by atomic mass is 28.4. The summed E-state index contributed by atoms with van der Waals surface area (Å²) in [4.78, 5) is 24.5. The summed E-state index contributed by atoms with van der Waals surface area (Å²) < 4.78 is 25.2. The number of rotatable bonds is 4. The van der Waals surface area contributed by atoms with Crippen LogP contribution in [0, 0.1) is 0 Å². The van der Waals surface area contributed by atoms with Crippen LogP contribution >= 0.6 is 0 Å². The molecule has 0 unspecified atom stereocenters. The van der Waals surface area contributed by atoms with E-state index >= 15 is 0 Å². The molecule has 1 aromatic carbocycles. The first-order valence-electron chi connectivity index (χ1n) is 10.8. The van der Waals surface area contributed by atoms with Crippen LogP contribution in [-0.4, -0.2) is 50.6 Å². The molecule has 2 fully saturated rings. The van der Waals surface area contributed by atoms with Crippen LogP contribution in [0.25, 0.3) is 0 Å². The average Bonchev–Trinajstić information content (AvgIpc) is 3.15. The van der Waals surface area contributed by atoms with E-state index in [-0.39, 0.29) is 34.9 Å². The Morgan fingerprint density at radius 1 is 1.00 bits per heavy atom. The van der Waals surface area contributed by atoms with Crippen LogP contribution in [0.4, 0.5) is 0 Å². The van der Waals surface area contributed by atoms with E-state index in [0.29, 0.717) is 17.7 Å². The van der Waals surface area contributed by atoms with Gasteiger partial charge in [0.25, 0.3) is 0 Å². The quantitative estimate of drug-likeness (QED) is 0.632. The number of hydrogen-bond acceptors (Lipinski definition) is 6. The maximum atomic E-state index is 12.3. The number of benzene rings is 1. The predicted molar refractivity (Wildman–Crippen MR) is 119 cm³/mol. The van der Waals surface area contributed by atoms with Crippen molar-refractivity contribution in [3.8, 4) is 0 Å². The minimum Gasteiger partial charge on any atom is -0.414 e. The minimum absolute atomic E-state index is 0.0929. The van der Waals surface area contributed by atoms with Crippen molar-refractivity contribution in [2.45, 2.75) is 83.0 Å². The lowest BCUT2D eigenvalue weighted by molar-refractivity contribution is -0.190. The maximum Gasteiger partial charge on any atom is 0.192 e. The summed E-state index contributed by atoms with van der Waals surface area (Å²) in [7, 11) is -1.96. The second-order valence-corrected chi connectivity index (χ2v) is 15.4. The van der Waals surface area contributed by atoms with Crippen molar-refractivity contribution >= 4 is 19.9 Å². The van der Waals surface area contributed by atoms with Gasteiger partial charge in [0.1, 0.15) is 24.4 Å². The molecule has 2 saturated heterocycles. The summed E-state index contributed by atoms with van der Waals surface area (Å²) in [6.45, 7) is 15.3. The fourth-order valence-electron chi connectivity index (χ4n) is 4.08. The second-order valence-electron chi connectivity index (χ2n) is 10.6. The highest BCUT2D eigenvalue weighted by molar-refractivity contribution is 6.74. The van der Waals surface area contributed by atoms with Crippen LogP contribution in [0.2, 0.25) is 18.1 Å². The van der Waals surface area contributed by atoms with Gasteiger partial charge >= 0.3 is 0 Å². The molecule has 168 valence electrons. The molecule has 0 N–H and O–H groups in total. The largest absolute Gasteiger partial charge is 0.414 e. The molecular weight excluding hydrogens is 412 g/mol. The molecule has 31 heavy (non-hydrogen) atoms. The summed E-state index contributed by atoms with van der Waals surface area (Å²) in [5.41, 5.74) is 1.64. The van der Waals surface area contributed by atoms with Crippen LogP contribution in [0.15, 0.2) is 30.4 Å². The average molecular weight is 445 g/mol. The first-order chi connectivity index (χ1) is 14.3. The van der Waals surface area contributed by atoms with E-state index in [1.165, 1.54) is 12.2 Å². The molecule has 0 radical (unpaired) electrons. The highest BCUT2D eigenvalue weighted by Crippen LogP contribution is 2.46. The van der Waals surface area contributed by atoms with Crippen LogP contribution in [0.1, 0.15) is 67.0 Å². The topological polar surface area (TPSA) is 71.1 Å². The summed E-state index contributed by atoms with van der Waals surface area (Å²) in [6.07, 6.45) is 1.37. The zero-order chi connectivity index (χ0) is 22.8. The van der Waals surface area contributed by atoms with Crippen LogP contribution in [0.5, 0.6) is 0 Å². The molecule has 0 amide bonds. The Hall–Kier alpha value is -1.64. The molecule has 0 bridgehead atoms. The first kappa shape index (κ1) is 22.5. The van der Waals surface area contributed by atoms with Gasteiger partial charge in [-0.25, -0.2) is 0 Å². The number of carbonyl (C=O) groups excluding carboxylic acids is 2. The van der Waals surface area contributed by atoms with Crippen molar-refractivity contribution in [1.82, 2.24) is 0 Å². The molecule has 2 heterocycles. The molecular formula is C24H32O6Si. The fraction of sp³-hybridized carbons (Fsp3) is 0.583. The lowest BCUT2D eigenvalue weighted by atomic mass is 9.90. The Kier molecular flexibility index (Phi) is 5.42. The van der Waals surface area contributed by atoms with Crippen molar-refractivity contribution in [3.05, 3.63) is 47.0 Å². The van der Waals surface area contributed by atoms with Gasteiger partial charge in [-0.3, -0.25) is 9.59 Å². The third kappa shape index (κ3) is 4.10. The van der Waals surface area contributed by atoms with Crippen molar-refractivity contribution in [1.29, 1.82) is 0 Å². The molecule has 3 aliphatic rings. The minimum atomic E-state index is -1.96. The zero-order valence-electron chi connectivity index (χ0n) is 19.4. The maximum absolute atomic E-state index is 12.3. The van der Waals surface area contributed by atoms with E-state index in [1.54, 1.807) is 12.1 Å². The monoisotopic (exact) mass is 444 g/mol. The predicted octanol–water partition coefficient (Wildman–Crippen LogP) is 4.60. The van der Waals surface area contributed by atoms with E-state index in [4.69, 9.17) is 18.6 Å². The van der Waals surface area contributed by atoms with E-state index in [1.807, 2.05) is 19.9 Å². The van der Waals surface area contributed by atoms with E-state index < -0.39 is 20.2 Å². The van der Waals surface area contributed by atoms with Gasteiger partial charge in [0.2, 0.25) is 0 Å². The number of carbonyl (C=O) groups is 2. The normalized spacial score (nSPS) is 29.9. The van der Waals surface area contributed by atoms with Gasteiger partial charge in [-0.2, -0.15) is 0 Å². The Labute approximate surface area is 185 Å². The Balaban J connectivity index is 1.60. The van der Waals surface area contributed by atoms with E-state index in [2.05, 4.69) is 33.9 Å². The molecule has 0 spiro atoms. The van der Waals surface area contributed by atoms with Crippen LogP contribution < -0.4 is 0 Å². The molecule has 4 atom stereocenters. The number of ketones is 2. The smallest absolute Gasteiger partial charge is 0.192 e. The highest BCUT2D eigenvalue weighted by Gasteiger charge is 2.56. The SMILES string of the molecule is CC1(C)O[C@@H]2[C@H](O1)[C@@H](CO[Si](C)(C)C(C)(C)C)O[C@@H]2c1ccc2c(c1)C(=O)C=CC2=O. The standard InChI is InChI=1S/C24H32O6Si/c1-23(2,3)31(6,7)27-13-19-21-22(30-24(4,5)29-21)20(28-19)14-8-9-15-16(12-14)18(26)11-10-17(15)25/h8-12,19-22H,13H2,1-7H3/t19-,20-,21-,22+/m1/s1. The Morgan fingerprint density at radius 2 is 1.61 bits per heavy atom. The van der Waals surface area contributed by atoms with Gasteiger partial charge in [-0.1, -0.05) is 26.8 Å². The summed E-state index contributed by atoms with van der Waals surface area (Å²) >= 11 is 0. The lowest BCUT2D eigenvalue weighted by Crippen LogP contribution is -2.44. The van der Waals surface area contributed by atoms with Gasteiger partial charge in [-0.05, 0) is 61.8 Å². The molecule has 0 saturated carbocycles.